The highest BCUT2D eigenvalue weighted by Crippen LogP contribution is 2.67. The summed E-state index contributed by atoms with van der Waals surface area (Å²) in [5, 5.41) is 11.4. The lowest BCUT2D eigenvalue weighted by molar-refractivity contribution is -0.219. The summed E-state index contributed by atoms with van der Waals surface area (Å²) < 4.78 is 5.43. The fourth-order valence-electron chi connectivity index (χ4n) is 7.30. The third kappa shape index (κ3) is 2.37. The Morgan fingerprint density at radius 3 is 2.62 bits per heavy atom. The molecular formula is C21H31ClO4. The number of fused-ring (bicyclic) bond motifs is 5. The average molecular weight is 383 g/mol. The first kappa shape index (κ1) is 18.7. The van der Waals surface area contributed by atoms with Gasteiger partial charge in [0.25, 0.3) is 0 Å². The third-order valence-corrected chi connectivity index (χ3v) is 9.35. The molecule has 4 rings (SSSR count). The SMILES string of the molecule is CC(=O)O[C@@H]1CC[C@]2(C)[C@@H]3CC[C@]4(C)C(=O)CC[C@@H]4[C@@H]3C[C@H](Cl)[C@@]2(O)C1. The molecule has 0 aromatic heterocycles. The van der Waals surface area contributed by atoms with Crippen LogP contribution in [0.2, 0.25) is 0 Å². The minimum absolute atomic E-state index is 0.182. The molecule has 4 aliphatic rings. The van der Waals surface area contributed by atoms with Crippen molar-refractivity contribution in [1.29, 1.82) is 0 Å². The zero-order valence-electron chi connectivity index (χ0n) is 16.1. The molecule has 5 heteroatoms. The molecule has 0 spiro atoms. The highest BCUT2D eigenvalue weighted by atomic mass is 35.5. The average Bonchev–Trinajstić information content (AvgIpc) is 2.86. The Labute approximate surface area is 161 Å². The van der Waals surface area contributed by atoms with Gasteiger partial charge >= 0.3 is 5.97 Å². The summed E-state index contributed by atoms with van der Waals surface area (Å²) >= 11 is 6.84. The molecule has 0 saturated heterocycles. The molecule has 0 aromatic carbocycles. The summed E-state index contributed by atoms with van der Waals surface area (Å²) in [4.78, 5) is 23.9. The first-order valence-electron chi connectivity index (χ1n) is 10.2. The zero-order chi connectivity index (χ0) is 18.9. The second-order valence-electron chi connectivity index (χ2n) is 9.81. The topological polar surface area (TPSA) is 63.6 Å². The van der Waals surface area contributed by atoms with Crippen molar-refractivity contribution in [2.75, 3.05) is 0 Å². The molecule has 4 saturated carbocycles. The van der Waals surface area contributed by atoms with E-state index in [-0.39, 0.29) is 28.3 Å². The largest absolute Gasteiger partial charge is 0.462 e. The monoisotopic (exact) mass is 382 g/mol. The van der Waals surface area contributed by atoms with Crippen LogP contribution in [0, 0.1) is 28.6 Å². The predicted molar refractivity (Wildman–Crippen MR) is 98.8 cm³/mol. The van der Waals surface area contributed by atoms with Crippen molar-refractivity contribution in [3.05, 3.63) is 0 Å². The molecule has 0 aromatic rings. The first-order chi connectivity index (χ1) is 12.1. The smallest absolute Gasteiger partial charge is 0.302 e. The highest BCUT2D eigenvalue weighted by Gasteiger charge is 2.67. The van der Waals surface area contributed by atoms with E-state index in [2.05, 4.69) is 13.8 Å². The number of carbonyl (C=O) groups is 2. The van der Waals surface area contributed by atoms with Gasteiger partial charge < -0.3 is 9.84 Å². The minimum atomic E-state index is -1.01. The van der Waals surface area contributed by atoms with E-state index in [4.69, 9.17) is 16.3 Å². The van der Waals surface area contributed by atoms with Crippen molar-refractivity contribution in [3.63, 3.8) is 0 Å². The van der Waals surface area contributed by atoms with Crippen LogP contribution in [0.5, 0.6) is 0 Å². The number of hydrogen-bond acceptors (Lipinski definition) is 4. The van der Waals surface area contributed by atoms with Crippen molar-refractivity contribution in [2.45, 2.75) is 89.2 Å². The molecule has 26 heavy (non-hydrogen) atoms. The number of alkyl halides is 1. The van der Waals surface area contributed by atoms with Crippen LogP contribution in [0.25, 0.3) is 0 Å². The normalized spacial score (nSPS) is 53.4. The van der Waals surface area contributed by atoms with Gasteiger partial charge in [-0.15, -0.1) is 11.6 Å². The van der Waals surface area contributed by atoms with Crippen molar-refractivity contribution >= 4 is 23.4 Å². The molecule has 8 atom stereocenters. The fraction of sp³-hybridized carbons (Fsp3) is 0.905. The summed E-state index contributed by atoms with van der Waals surface area (Å²) in [5.74, 6) is 1.35. The predicted octanol–water partition coefficient (Wildman–Crippen LogP) is 3.86. The molecule has 0 aliphatic heterocycles. The molecule has 0 heterocycles. The number of aliphatic hydroxyl groups is 1. The molecule has 0 radical (unpaired) electrons. The van der Waals surface area contributed by atoms with Crippen LogP contribution in [0.3, 0.4) is 0 Å². The maximum atomic E-state index is 12.5. The Morgan fingerprint density at radius 2 is 1.92 bits per heavy atom. The van der Waals surface area contributed by atoms with Gasteiger partial charge in [-0.05, 0) is 56.3 Å². The van der Waals surface area contributed by atoms with Crippen molar-refractivity contribution in [3.8, 4) is 0 Å². The number of esters is 1. The molecular weight excluding hydrogens is 352 g/mol. The van der Waals surface area contributed by atoms with E-state index in [0.29, 0.717) is 36.4 Å². The number of halogens is 1. The Balaban J connectivity index is 1.65. The Bertz CT molecular complexity index is 636. The van der Waals surface area contributed by atoms with E-state index < -0.39 is 5.60 Å². The Kier molecular flexibility index (Phi) is 4.28. The summed E-state index contributed by atoms with van der Waals surface area (Å²) in [6, 6.07) is 0. The van der Waals surface area contributed by atoms with Crippen LogP contribution in [-0.4, -0.2) is 33.9 Å². The molecule has 4 fully saturated rings. The summed E-state index contributed by atoms with van der Waals surface area (Å²) in [6.45, 7) is 5.78. The maximum Gasteiger partial charge on any atom is 0.302 e. The van der Waals surface area contributed by atoms with Gasteiger partial charge in [0.15, 0.2) is 0 Å². The second kappa shape index (κ2) is 5.94. The molecule has 0 bridgehead atoms. The standard InChI is InChI=1S/C21H31ClO4/c1-12(23)26-13-6-9-20(3)16-7-8-19(2)15(4-5-18(19)24)14(16)10-17(22)21(20,25)11-13/h13-17,25H,4-11H2,1-3H3/t13-,14+,15-,16-,17+,19+,20-,21+/m1/s1. The van der Waals surface area contributed by atoms with Crippen molar-refractivity contribution in [2.24, 2.45) is 28.6 Å². The Morgan fingerprint density at radius 1 is 1.19 bits per heavy atom. The lowest BCUT2D eigenvalue weighted by atomic mass is 9.43. The van der Waals surface area contributed by atoms with Gasteiger partial charge in [0, 0.05) is 30.6 Å². The van der Waals surface area contributed by atoms with E-state index in [0.717, 1.165) is 38.5 Å². The molecule has 0 amide bonds. The van der Waals surface area contributed by atoms with Crippen molar-refractivity contribution < 1.29 is 19.4 Å². The van der Waals surface area contributed by atoms with Crippen LogP contribution < -0.4 is 0 Å². The molecule has 146 valence electrons. The summed E-state index contributed by atoms with van der Waals surface area (Å²) in [7, 11) is 0. The van der Waals surface area contributed by atoms with E-state index in [1.54, 1.807) is 0 Å². The number of ketones is 1. The lowest BCUT2D eigenvalue weighted by Gasteiger charge is -2.64. The zero-order valence-corrected chi connectivity index (χ0v) is 16.8. The van der Waals surface area contributed by atoms with Crippen LogP contribution in [-0.2, 0) is 14.3 Å². The van der Waals surface area contributed by atoms with E-state index in [1.807, 2.05) is 0 Å². The van der Waals surface area contributed by atoms with E-state index >= 15 is 0 Å². The highest BCUT2D eigenvalue weighted by molar-refractivity contribution is 6.21. The van der Waals surface area contributed by atoms with Gasteiger partial charge in [0.1, 0.15) is 11.9 Å². The van der Waals surface area contributed by atoms with Crippen molar-refractivity contribution in [1.82, 2.24) is 0 Å². The quantitative estimate of drug-likeness (QED) is 0.552. The van der Waals surface area contributed by atoms with Crippen LogP contribution in [0.4, 0.5) is 0 Å². The van der Waals surface area contributed by atoms with Gasteiger partial charge in [0.2, 0.25) is 0 Å². The van der Waals surface area contributed by atoms with Crippen LogP contribution in [0.15, 0.2) is 0 Å². The number of hydrogen-bond donors (Lipinski definition) is 1. The van der Waals surface area contributed by atoms with Crippen LogP contribution >= 0.6 is 11.6 Å². The molecule has 4 nitrogen and oxygen atoms in total. The van der Waals surface area contributed by atoms with Gasteiger partial charge in [-0.3, -0.25) is 9.59 Å². The summed E-state index contributed by atoms with van der Waals surface area (Å²) in [6.07, 6.45) is 6.16. The van der Waals surface area contributed by atoms with Gasteiger partial charge in [-0.1, -0.05) is 13.8 Å². The maximum absolute atomic E-state index is 12.5. The second-order valence-corrected chi connectivity index (χ2v) is 10.3. The fourth-order valence-corrected chi connectivity index (χ4v) is 7.84. The van der Waals surface area contributed by atoms with Gasteiger partial charge in [0.05, 0.1) is 11.0 Å². The molecule has 1 N–H and O–H groups in total. The lowest BCUT2D eigenvalue weighted by Crippen LogP contribution is -2.67. The van der Waals surface area contributed by atoms with E-state index in [1.165, 1.54) is 6.92 Å². The van der Waals surface area contributed by atoms with E-state index in [9.17, 15) is 14.7 Å². The third-order valence-electron chi connectivity index (χ3n) is 8.81. The molecule has 0 unspecified atom stereocenters. The minimum Gasteiger partial charge on any atom is -0.462 e. The van der Waals surface area contributed by atoms with Crippen LogP contribution in [0.1, 0.15) is 72.1 Å². The summed E-state index contributed by atoms with van der Waals surface area (Å²) in [5.41, 5.74) is -1.46. The van der Waals surface area contributed by atoms with Gasteiger partial charge in [-0.2, -0.15) is 0 Å². The number of Topliss-reactive ketones (excluding diaryl/α,β-unsaturated/α-hetero) is 1. The number of carbonyl (C=O) groups excluding carboxylic acids is 2. The number of rotatable bonds is 1. The first-order valence-corrected chi connectivity index (χ1v) is 10.6. The molecule has 4 aliphatic carbocycles. The Hall–Kier alpha value is -0.610. The number of ether oxygens (including phenoxy) is 1. The van der Waals surface area contributed by atoms with Gasteiger partial charge in [-0.25, -0.2) is 0 Å².